The molecule has 23 nitrogen and oxygen atoms in total. The quantitative estimate of drug-likeness (QED) is 0.0299. The largest absolute Gasteiger partial charge is 0.460 e. The van der Waals surface area contributed by atoms with Crippen molar-refractivity contribution in [2.24, 2.45) is 0 Å². The van der Waals surface area contributed by atoms with E-state index in [1.165, 1.54) is 0 Å². The fraction of sp³-hybridized carbons (Fsp3) is 0.857. The van der Waals surface area contributed by atoms with Crippen LogP contribution in [0.25, 0.3) is 0 Å². The van der Waals surface area contributed by atoms with E-state index < -0.39 is 18.3 Å². The molecule has 0 bridgehead atoms. The molecule has 5 heterocycles. The normalized spacial score (nSPS) is 24.8. The molecule has 8 unspecified atom stereocenters. The van der Waals surface area contributed by atoms with Crippen LogP contribution in [0, 0.1) is 29.7 Å². The highest BCUT2D eigenvalue weighted by Crippen LogP contribution is 2.17. The highest BCUT2D eigenvalue weighted by atomic mass is 16.6. The number of carbonyl (C=O) groups excluding carboxylic acids is 5. The van der Waals surface area contributed by atoms with Crippen LogP contribution in [-0.2, 0) is 61.9 Å². The van der Waals surface area contributed by atoms with Gasteiger partial charge in [-0.25, -0.2) is 14.4 Å². The smallest absolute Gasteiger partial charge is 0.362 e. The number of aliphatic hydroxyl groups excluding tert-OH is 3. The third-order valence-corrected chi connectivity index (χ3v) is 14.6. The second kappa shape index (κ2) is 49.6. The number of rotatable bonds is 27. The van der Waals surface area contributed by atoms with Crippen LogP contribution in [0.5, 0.6) is 0 Å². The summed E-state index contributed by atoms with van der Waals surface area (Å²) in [6.07, 6.45) is 2.08. The molecule has 0 aromatic carbocycles. The molecule has 0 radical (unpaired) electrons. The van der Waals surface area contributed by atoms with E-state index in [4.69, 9.17) is 37.9 Å². The van der Waals surface area contributed by atoms with Crippen LogP contribution in [0.15, 0.2) is 0 Å². The van der Waals surface area contributed by atoms with Crippen molar-refractivity contribution in [3.05, 3.63) is 29.7 Å². The molecule has 0 amide bonds. The highest BCUT2D eigenvalue weighted by Gasteiger charge is 2.37. The van der Waals surface area contributed by atoms with Gasteiger partial charge in [0.25, 0.3) is 0 Å². The topological polar surface area (TPSA) is 248 Å². The van der Waals surface area contributed by atoms with E-state index in [0.717, 1.165) is 112 Å². The molecule has 0 aromatic heterocycles. The number of esters is 5. The number of nitrogens with zero attached hydrogens (tertiary/aromatic N) is 4. The van der Waals surface area contributed by atoms with Crippen molar-refractivity contribution >= 4 is 29.8 Å². The fourth-order valence-electron chi connectivity index (χ4n) is 10.1. The van der Waals surface area contributed by atoms with E-state index in [9.17, 15) is 39.3 Å². The monoisotopic (exact) mass is 1240 g/mol. The predicted molar refractivity (Wildman–Crippen MR) is 341 cm³/mol. The van der Waals surface area contributed by atoms with Gasteiger partial charge in [-0.3, -0.25) is 9.59 Å². The van der Waals surface area contributed by atoms with Gasteiger partial charge in [-0.05, 0) is 54.4 Å². The minimum absolute atomic E-state index is 0. The number of ether oxygens (including phenoxy) is 8. The number of cyclic esters (lactones) is 5. The second-order valence-corrected chi connectivity index (χ2v) is 24.6. The average Bonchev–Trinajstić information content (AvgIpc) is 3.79. The van der Waals surface area contributed by atoms with Crippen LogP contribution in [0.1, 0.15) is 116 Å². The van der Waals surface area contributed by atoms with E-state index in [1.54, 1.807) is 0 Å². The maximum absolute atomic E-state index is 11.5. The third kappa shape index (κ3) is 44.3. The first-order chi connectivity index (χ1) is 38.1. The Kier molecular flexibility index (Phi) is 52.8. The van der Waals surface area contributed by atoms with Crippen molar-refractivity contribution in [2.45, 2.75) is 165 Å². The van der Waals surface area contributed by atoms with Gasteiger partial charge in [0.2, 0.25) is 0 Å². The Morgan fingerprint density at radius 1 is 0.477 bits per heavy atom. The van der Waals surface area contributed by atoms with Gasteiger partial charge in [-0.15, -0.1) is 0 Å². The van der Waals surface area contributed by atoms with Gasteiger partial charge >= 0.3 is 29.8 Å². The lowest BCUT2D eigenvalue weighted by Crippen LogP contribution is -3.15. The number of hydrogen-bond donors (Lipinski definition) is 6. The SMILES string of the molecule is C.CC(C)NCC[N+]1(C)CCOC(=O)CC1.CC(C)OCC(O)C[N+]1(C)CCOC(=O)C1.CC(C)OCC(O)C[NH+]1CCOC(=O)C1.CCC[N+]1(CC(O)COC(C)C)CCOC(=O)C1.CCC[N+]1(CCNC(C)C)CCOC(=O)CC1.[CH3-].[CH3-].[CH3-].[CH3-]. The minimum Gasteiger partial charge on any atom is -0.460 e. The molecule has 5 fully saturated rings. The summed E-state index contributed by atoms with van der Waals surface area (Å²) in [7, 11) is 4.16. The molecule has 23 heteroatoms. The fourth-order valence-corrected chi connectivity index (χ4v) is 10.1. The lowest BCUT2D eigenvalue weighted by molar-refractivity contribution is -0.928. The van der Waals surface area contributed by atoms with Crippen LogP contribution in [0.2, 0.25) is 0 Å². The Bertz CT molecular complexity index is 1750. The van der Waals surface area contributed by atoms with Crippen molar-refractivity contribution in [3.63, 3.8) is 0 Å². The number of morpholine rings is 3. The van der Waals surface area contributed by atoms with Gasteiger partial charge in [0.1, 0.15) is 104 Å². The zero-order chi connectivity index (χ0) is 61.1. The van der Waals surface area contributed by atoms with Crippen molar-refractivity contribution in [1.82, 2.24) is 10.6 Å². The lowest BCUT2D eigenvalue weighted by atomic mass is 10.2. The van der Waals surface area contributed by atoms with E-state index in [0.29, 0.717) is 126 Å². The van der Waals surface area contributed by atoms with Gasteiger partial charge < -0.3 is 116 Å². The summed E-state index contributed by atoms with van der Waals surface area (Å²) < 4.78 is 44.1. The zero-order valence-corrected chi connectivity index (χ0v) is 57.0. The van der Waals surface area contributed by atoms with Crippen LogP contribution < -0.4 is 15.5 Å². The molecule has 0 saturated carbocycles. The molecule has 8 atom stereocenters. The molecule has 0 aliphatic carbocycles. The lowest BCUT2D eigenvalue weighted by Gasteiger charge is -2.41. The van der Waals surface area contributed by atoms with E-state index in [-0.39, 0.29) is 85.3 Å². The maximum atomic E-state index is 11.5. The van der Waals surface area contributed by atoms with Crippen LogP contribution in [0.3, 0.4) is 0 Å². The van der Waals surface area contributed by atoms with Crippen LogP contribution in [0.4, 0.5) is 0 Å². The average molecular weight is 1250 g/mol. The van der Waals surface area contributed by atoms with E-state index in [2.05, 4.69) is 59.2 Å². The molecular formula is C63H134N7O16+. The third-order valence-electron chi connectivity index (χ3n) is 14.6. The molecule has 86 heavy (non-hydrogen) atoms. The first-order valence-corrected chi connectivity index (χ1v) is 30.4. The van der Waals surface area contributed by atoms with Crippen LogP contribution >= 0.6 is 0 Å². The molecule has 516 valence electrons. The zero-order valence-electron chi connectivity index (χ0n) is 57.0. The summed E-state index contributed by atoms with van der Waals surface area (Å²) in [5.74, 6) is -0.614. The van der Waals surface area contributed by atoms with Gasteiger partial charge in [-0.2, -0.15) is 0 Å². The standard InChI is InChI=1S/C13H27N2O2.C13H26NO4.C11H23N2O2.C11H22NO4.C10H19NO4.CH4.4CH3/c1-4-7-15(9-6-14-12(2)3)8-5-13(16)17-11-10-15;1-4-5-14(6-7-17-13(16)9-14)8-12(15)10-18-11(2)3;1-10(2)12-5-7-13(3)6-4-11(14)15-9-8-13;1-9(2)16-8-10(13)6-12(3)4-5-15-11(14)7-12;1-8(2)15-7-9(12)5-11-3-4-14-10(13)6-11;;;;;/h12,14H,4-11H2,1-3H3;11-12,15H,4-10H2,1-3H3;10,12H,4-9H2,1-3H3;9-10,13H,4-8H2,1-3H3;8-9,12H,3-7H2,1-2H3;1H4;4*1H3/q4*+1;;;4*-1/p+1. The first-order valence-electron chi connectivity index (χ1n) is 30.4. The summed E-state index contributed by atoms with van der Waals surface area (Å²) in [6, 6.07) is 1.06. The molecule has 5 aliphatic heterocycles. The second-order valence-electron chi connectivity index (χ2n) is 24.6. The summed E-state index contributed by atoms with van der Waals surface area (Å²) in [5.41, 5.74) is 0. The molecule has 0 spiro atoms. The Hall–Kier alpha value is -3.17. The molecule has 0 aromatic rings. The van der Waals surface area contributed by atoms with E-state index in [1.807, 2.05) is 48.6 Å². The summed E-state index contributed by atoms with van der Waals surface area (Å²) >= 11 is 0. The predicted octanol–water partition coefficient (Wildman–Crippen LogP) is 2.52. The summed E-state index contributed by atoms with van der Waals surface area (Å²) in [5, 5.41) is 36.4. The van der Waals surface area contributed by atoms with E-state index >= 15 is 0 Å². The van der Waals surface area contributed by atoms with Crippen molar-refractivity contribution < 1.29 is 100 Å². The Morgan fingerprint density at radius 3 is 1.36 bits per heavy atom. The van der Waals surface area contributed by atoms with Crippen molar-refractivity contribution in [2.75, 3.05) is 191 Å². The number of quaternary nitrogens is 5. The van der Waals surface area contributed by atoms with Gasteiger partial charge in [0, 0.05) is 25.2 Å². The van der Waals surface area contributed by atoms with Gasteiger partial charge in [0.15, 0.2) is 19.6 Å². The molecule has 5 saturated heterocycles. The molecule has 6 N–H and O–H groups in total. The number of hydrogen-bond acceptors (Lipinski definition) is 18. The number of nitrogens with one attached hydrogen (secondary N) is 3. The molecular weight excluding hydrogens is 1110 g/mol. The number of carbonyl (C=O) groups is 5. The molecule has 5 aliphatic rings. The summed E-state index contributed by atoms with van der Waals surface area (Å²) in [6.45, 7) is 43.0. The van der Waals surface area contributed by atoms with Crippen molar-refractivity contribution in [3.8, 4) is 0 Å². The summed E-state index contributed by atoms with van der Waals surface area (Å²) in [4.78, 5) is 57.1. The van der Waals surface area contributed by atoms with Gasteiger partial charge in [-0.1, -0.05) is 49.0 Å². The van der Waals surface area contributed by atoms with Crippen LogP contribution in [-0.4, -0.2) is 303 Å². The van der Waals surface area contributed by atoms with Gasteiger partial charge in [0.05, 0.1) is 104 Å². The Morgan fingerprint density at radius 2 is 0.884 bits per heavy atom. The first kappa shape index (κ1) is 91.6. The molecule has 5 rings (SSSR count). The Labute approximate surface area is 524 Å². The number of aliphatic hydroxyl groups is 3. The van der Waals surface area contributed by atoms with Crippen molar-refractivity contribution in [1.29, 1.82) is 0 Å². The Balaban J connectivity index is -0.000000314. The highest BCUT2D eigenvalue weighted by molar-refractivity contribution is 5.72. The maximum Gasteiger partial charge on any atom is 0.362 e. The number of likely N-dealkylation sites (N-methyl/N-ethyl adjacent to an activating group) is 2. The minimum atomic E-state index is -0.529.